The third kappa shape index (κ3) is 4.33. The van der Waals surface area contributed by atoms with Crippen LogP contribution in [0.5, 0.6) is 0 Å². The Kier molecular flexibility index (Phi) is 5.02. The summed E-state index contributed by atoms with van der Waals surface area (Å²) in [4.78, 5) is 28.4. The minimum absolute atomic E-state index is 0.0292. The van der Waals surface area contributed by atoms with Crippen LogP contribution in [0.1, 0.15) is 39.2 Å². The fraction of sp³-hybridized carbons (Fsp3) is 0.600. The van der Waals surface area contributed by atoms with Gasteiger partial charge in [0, 0.05) is 37.8 Å². The molecule has 0 bridgehead atoms. The molecule has 0 aromatic heterocycles. The molecule has 0 spiro atoms. The van der Waals surface area contributed by atoms with Gasteiger partial charge in [0.2, 0.25) is 11.8 Å². The third-order valence-electron chi connectivity index (χ3n) is 5.04. The maximum Gasteiger partial charge on any atom is 0.241 e. The van der Waals surface area contributed by atoms with Crippen LogP contribution in [0.3, 0.4) is 0 Å². The molecule has 5 nitrogen and oxygen atoms in total. The molecule has 1 N–H and O–H groups in total. The average molecular weight is 343 g/mol. The second-order valence-corrected chi connectivity index (χ2v) is 8.13. The third-order valence-corrected chi connectivity index (χ3v) is 5.04. The van der Waals surface area contributed by atoms with Crippen molar-refractivity contribution >= 4 is 17.5 Å². The molecule has 1 aromatic carbocycles. The summed E-state index contributed by atoms with van der Waals surface area (Å²) in [5.74, 6) is 0.643. The maximum atomic E-state index is 12.5. The molecule has 0 unspecified atom stereocenters. The second kappa shape index (κ2) is 7.06. The van der Waals surface area contributed by atoms with Gasteiger partial charge in [-0.3, -0.25) is 9.59 Å². The van der Waals surface area contributed by atoms with Crippen LogP contribution in [0.25, 0.3) is 0 Å². The average Bonchev–Trinajstić information content (AvgIpc) is 3.43. The van der Waals surface area contributed by atoms with Gasteiger partial charge in [0.15, 0.2) is 0 Å². The molecule has 2 aliphatic rings. The monoisotopic (exact) mass is 343 g/mol. The van der Waals surface area contributed by atoms with Gasteiger partial charge in [-0.25, -0.2) is 0 Å². The van der Waals surface area contributed by atoms with E-state index in [9.17, 15) is 9.59 Å². The molecule has 2 amide bonds. The van der Waals surface area contributed by atoms with E-state index in [1.807, 2.05) is 28.0 Å². The number of anilines is 1. The van der Waals surface area contributed by atoms with Crippen LogP contribution in [0.15, 0.2) is 24.3 Å². The van der Waals surface area contributed by atoms with Crippen molar-refractivity contribution in [1.82, 2.24) is 9.80 Å². The van der Waals surface area contributed by atoms with Crippen LogP contribution >= 0.6 is 0 Å². The number of amides is 2. The van der Waals surface area contributed by atoms with Crippen molar-refractivity contribution in [2.45, 2.75) is 39.0 Å². The number of hydrogen-bond donors (Lipinski definition) is 1. The summed E-state index contributed by atoms with van der Waals surface area (Å²) < 4.78 is 0. The fourth-order valence-electron chi connectivity index (χ4n) is 3.34. The summed E-state index contributed by atoms with van der Waals surface area (Å²) in [6.45, 7) is 9.42. The normalized spacial score (nSPS) is 18.2. The summed E-state index contributed by atoms with van der Waals surface area (Å²) >= 11 is 0. The zero-order chi connectivity index (χ0) is 18.0. The molecule has 136 valence electrons. The summed E-state index contributed by atoms with van der Waals surface area (Å²) in [6.07, 6.45) is 2.07. The van der Waals surface area contributed by atoms with Gasteiger partial charge in [0.05, 0.1) is 6.54 Å². The van der Waals surface area contributed by atoms with E-state index in [0.29, 0.717) is 32.7 Å². The van der Waals surface area contributed by atoms with Gasteiger partial charge < -0.3 is 15.1 Å². The molecule has 1 aromatic rings. The Morgan fingerprint density at radius 1 is 1.04 bits per heavy atom. The lowest BCUT2D eigenvalue weighted by Crippen LogP contribution is -2.52. The minimum Gasteiger partial charge on any atom is -0.376 e. The van der Waals surface area contributed by atoms with Gasteiger partial charge in [0.25, 0.3) is 0 Å². The Labute approximate surface area is 150 Å². The first-order valence-corrected chi connectivity index (χ1v) is 9.26. The van der Waals surface area contributed by atoms with E-state index < -0.39 is 0 Å². The largest absolute Gasteiger partial charge is 0.376 e. The zero-order valence-electron chi connectivity index (χ0n) is 15.5. The Bertz CT molecular complexity index is 639. The number of rotatable bonds is 4. The number of carbonyl (C=O) groups is 2. The molecule has 1 aliphatic carbocycles. The van der Waals surface area contributed by atoms with E-state index in [-0.39, 0.29) is 23.1 Å². The van der Waals surface area contributed by atoms with Crippen molar-refractivity contribution in [3.8, 4) is 0 Å². The lowest BCUT2D eigenvalue weighted by Gasteiger charge is -2.35. The Balaban J connectivity index is 1.51. The molecule has 25 heavy (non-hydrogen) atoms. The number of hydrogen-bond acceptors (Lipinski definition) is 3. The number of nitrogens with zero attached hydrogens (tertiary/aromatic N) is 2. The first-order valence-electron chi connectivity index (χ1n) is 9.26. The van der Waals surface area contributed by atoms with Gasteiger partial charge in [0.1, 0.15) is 0 Å². The highest BCUT2D eigenvalue weighted by atomic mass is 16.2. The molecule has 5 heteroatoms. The van der Waals surface area contributed by atoms with Crippen molar-refractivity contribution in [1.29, 1.82) is 0 Å². The highest BCUT2D eigenvalue weighted by Gasteiger charge is 2.35. The van der Waals surface area contributed by atoms with Crippen LogP contribution in [-0.2, 0) is 15.0 Å². The molecule has 1 saturated heterocycles. The summed E-state index contributed by atoms with van der Waals surface area (Å²) in [5, 5.41) is 3.31. The van der Waals surface area contributed by atoms with Gasteiger partial charge in [-0.15, -0.1) is 0 Å². The SMILES string of the molecule is CC(C)(C)c1ccccc1NCC(=O)N1CCN(C(=O)C2CC2)CC1. The fourth-order valence-corrected chi connectivity index (χ4v) is 3.34. The molecule has 3 rings (SSSR count). The molecule has 0 atom stereocenters. The van der Waals surface area contributed by atoms with Crippen molar-refractivity contribution in [2.75, 3.05) is 38.0 Å². The first kappa shape index (κ1) is 17.8. The number of piperazine rings is 1. The van der Waals surface area contributed by atoms with Crippen molar-refractivity contribution in [3.05, 3.63) is 29.8 Å². The number of para-hydroxylation sites is 1. The number of carbonyl (C=O) groups excluding carboxylic acids is 2. The van der Waals surface area contributed by atoms with Gasteiger partial charge in [-0.05, 0) is 29.9 Å². The van der Waals surface area contributed by atoms with Crippen molar-refractivity contribution < 1.29 is 9.59 Å². The maximum absolute atomic E-state index is 12.5. The quantitative estimate of drug-likeness (QED) is 0.914. The highest BCUT2D eigenvalue weighted by molar-refractivity contribution is 5.83. The Morgan fingerprint density at radius 3 is 2.24 bits per heavy atom. The summed E-state index contributed by atoms with van der Waals surface area (Å²) in [6, 6.07) is 8.16. The summed E-state index contributed by atoms with van der Waals surface area (Å²) in [7, 11) is 0. The predicted molar refractivity (Wildman–Crippen MR) is 99.5 cm³/mol. The van der Waals surface area contributed by atoms with E-state index >= 15 is 0 Å². The summed E-state index contributed by atoms with van der Waals surface area (Å²) in [5.41, 5.74) is 2.26. The molecule has 2 fully saturated rings. The molecule has 0 radical (unpaired) electrons. The van der Waals surface area contributed by atoms with E-state index in [1.54, 1.807) is 0 Å². The van der Waals surface area contributed by atoms with Crippen molar-refractivity contribution in [3.63, 3.8) is 0 Å². The van der Waals surface area contributed by atoms with Crippen LogP contribution in [-0.4, -0.2) is 54.3 Å². The van der Waals surface area contributed by atoms with E-state index in [2.05, 4.69) is 32.2 Å². The number of nitrogens with one attached hydrogen (secondary N) is 1. The first-order chi connectivity index (χ1) is 11.9. The Morgan fingerprint density at radius 2 is 1.64 bits per heavy atom. The number of benzene rings is 1. The predicted octanol–water partition coefficient (Wildman–Crippen LogP) is 2.48. The highest BCUT2D eigenvalue weighted by Crippen LogP contribution is 2.31. The Hall–Kier alpha value is -2.04. The minimum atomic E-state index is 0.0292. The molecule has 1 saturated carbocycles. The van der Waals surface area contributed by atoms with E-state index in [1.165, 1.54) is 5.56 Å². The second-order valence-electron chi connectivity index (χ2n) is 8.13. The zero-order valence-corrected chi connectivity index (χ0v) is 15.5. The molecular weight excluding hydrogens is 314 g/mol. The molecule has 1 aliphatic heterocycles. The van der Waals surface area contributed by atoms with Gasteiger partial charge in [-0.1, -0.05) is 39.0 Å². The van der Waals surface area contributed by atoms with Crippen LogP contribution in [0, 0.1) is 5.92 Å². The smallest absolute Gasteiger partial charge is 0.241 e. The molecule has 1 heterocycles. The van der Waals surface area contributed by atoms with Crippen LogP contribution in [0.4, 0.5) is 5.69 Å². The van der Waals surface area contributed by atoms with E-state index in [0.717, 1.165) is 18.5 Å². The van der Waals surface area contributed by atoms with Crippen molar-refractivity contribution in [2.24, 2.45) is 5.92 Å². The van der Waals surface area contributed by atoms with Gasteiger partial charge in [-0.2, -0.15) is 0 Å². The van der Waals surface area contributed by atoms with Gasteiger partial charge >= 0.3 is 0 Å². The van der Waals surface area contributed by atoms with E-state index in [4.69, 9.17) is 0 Å². The van der Waals surface area contributed by atoms with Crippen LogP contribution < -0.4 is 5.32 Å². The van der Waals surface area contributed by atoms with Crippen LogP contribution in [0.2, 0.25) is 0 Å². The molecular formula is C20H29N3O2. The standard InChI is InChI=1S/C20H29N3O2/c1-20(2,3)16-6-4-5-7-17(16)21-14-18(24)22-10-12-23(13-11-22)19(25)15-8-9-15/h4-7,15,21H,8-14H2,1-3H3. The lowest BCUT2D eigenvalue weighted by atomic mass is 9.86. The lowest BCUT2D eigenvalue weighted by molar-refractivity contribution is -0.139. The topological polar surface area (TPSA) is 52.7 Å².